The molecule has 0 heterocycles. The minimum atomic E-state index is 0.701. The Hall–Kier alpha value is -1.08. The fourth-order valence-electron chi connectivity index (χ4n) is 2.56. The molecule has 118 valence electrons. The van der Waals surface area contributed by atoms with Crippen LogP contribution >= 0.6 is 0 Å². The molecule has 0 bridgehead atoms. The van der Waals surface area contributed by atoms with Crippen molar-refractivity contribution in [2.45, 2.75) is 53.4 Å². The van der Waals surface area contributed by atoms with Crippen LogP contribution in [0.3, 0.4) is 0 Å². The van der Waals surface area contributed by atoms with Gasteiger partial charge < -0.3 is 4.90 Å². The molecule has 0 aliphatic heterocycles. The molecule has 1 rings (SSSR count). The second kappa shape index (κ2) is 10.6. The van der Waals surface area contributed by atoms with Gasteiger partial charge in [0, 0.05) is 6.54 Å². The molecule has 0 radical (unpaired) electrons. The van der Waals surface area contributed by atoms with Crippen molar-refractivity contribution >= 4 is 0 Å². The smallest absolute Gasteiger partial charge is 0.00473 e. The summed E-state index contributed by atoms with van der Waals surface area (Å²) in [6.45, 7) is 12.4. The Balaban J connectivity index is 2.36. The summed E-state index contributed by atoms with van der Waals surface area (Å²) >= 11 is 0. The molecule has 1 unspecified atom stereocenters. The van der Waals surface area contributed by atoms with Gasteiger partial charge in [-0.05, 0) is 57.7 Å². The van der Waals surface area contributed by atoms with E-state index in [1.54, 1.807) is 0 Å². The van der Waals surface area contributed by atoms with E-state index in [-0.39, 0.29) is 0 Å². The summed E-state index contributed by atoms with van der Waals surface area (Å²) in [6.07, 6.45) is 18.7. The predicted octanol–water partition coefficient (Wildman–Crippen LogP) is 5.52. The third-order valence-electron chi connectivity index (χ3n) is 4.22. The van der Waals surface area contributed by atoms with Crippen LogP contribution in [0.1, 0.15) is 53.4 Å². The van der Waals surface area contributed by atoms with Gasteiger partial charge in [-0.1, -0.05) is 62.3 Å². The Morgan fingerprint density at radius 2 is 2.19 bits per heavy atom. The minimum Gasteiger partial charge on any atom is -0.303 e. The Kier molecular flexibility index (Phi) is 9.09. The van der Waals surface area contributed by atoms with Crippen LogP contribution < -0.4 is 0 Å². The summed E-state index contributed by atoms with van der Waals surface area (Å²) in [4.78, 5) is 2.59. The van der Waals surface area contributed by atoms with Gasteiger partial charge in [0.15, 0.2) is 0 Å². The maximum atomic E-state index is 2.59. The van der Waals surface area contributed by atoms with Crippen molar-refractivity contribution in [3.05, 3.63) is 47.6 Å². The van der Waals surface area contributed by atoms with Crippen molar-refractivity contribution in [3.63, 3.8) is 0 Å². The first-order chi connectivity index (χ1) is 10.2. The third kappa shape index (κ3) is 7.47. The third-order valence-corrected chi connectivity index (χ3v) is 4.22. The van der Waals surface area contributed by atoms with Gasteiger partial charge in [-0.25, -0.2) is 0 Å². The van der Waals surface area contributed by atoms with E-state index in [2.05, 4.69) is 69.1 Å². The van der Waals surface area contributed by atoms with Gasteiger partial charge in [-0.15, -0.1) is 0 Å². The van der Waals surface area contributed by atoms with Crippen molar-refractivity contribution in [1.82, 2.24) is 4.90 Å². The summed E-state index contributed by atoms with van der Waals surface area (Å²) in [5.74, 6) is 0.701. The Morgan fingerprint density at radius 1 is 1.38 bits per heavy atom. The lowest BCUT2D eigenvalue weighted by Crippen LogP contribution is -2.30. The number of hydrogen-bond acceptors (Lipinski definition) is 1. The van der Waals surface area contributed by atoms with Crippen molar-refractivity contribution < 1.29 is 0 Å². The highest BCUT2D eigenvalue weighted by Gasteiger charge is 2.12. The number of allylic oxidation sites excluding steroid dienone is 7. The second-order valence-corrected chi connectivity index (χ2v) is 6.02. The molecule has 1 nitrogen and oxygen atoms in total. The zero-order chi connectivity index (χ0) is 15.5. The lowest BCUT2D eigenvalue weighted by molar-refractivity contribution is 0.256. The maximum Gasteiger partial charge on any atom is 0.00473 e. The molecule has 0 saturated heterocycles. The molecule has 0 amide bonds. The highest BCUT2D eigenvalue weighted by molar-refractivity contribution is 5.27. The molecular formula is C20H33N. The van der Waals surface area contributed by atoms with Crippen molar-refractivity contribution in [2.75, 3.05) is 19.6 Å². The standard InChI is InChI=1S/C20H33N/c1-5-8-16-21(7-3)17-20-14-12-19(13-15-20)11-9-10-18(4)6-2/h6,9-10,12-14,20H,5,7-8,11,15-17H2,1-4H3/b10-9-,18-6-. The molecule has 1 atom stereocenters. The molecule has 1 aliphatic carbocycles. The maximum absolute atomic E-state index is 2.59. The van der Waals surface area contributed by atoms with Crippen LogP contribution in [0, 0.1) is 5.92 Å². The first-order valence-corrected chi connectivity index (χ1v) is 8.58. The Bertz CT molecular complexity index is 398. The van der Waals surface area contributed by atoms with Gasteiger partial charge in [-0.3, -0.25) is 0 Å². The first-order valence-electron chi connectivity index (χ1n) is 8.58. The van der Waals surface area contributed by atoms with Crippen molar-refractivity contribution in [1.29, 1.82) is 0 Å². The first kappa shape index (κ1) is 18.0. The van der Waals surface area contributed by atoms with Crippen LogP contribution in [-0.4, -0.2) is 24.5 Å². The SMILES string of the molecule is C/C=C(C)\C=C/CC1=CCC(CN(CC)CCCC)C=C1. The van der Waals surface area contributed by atoms with Gasteiger partial charge in [0.2, 0.25) is 0 Å². The topological polar surface area (TPSA) is 3.24 Å². The van der Waals surface area contributed by atoms with E-state index in [1.807, 2.05) is 0 Å². The molecule has 1 aliphatic rings. The number of nitrogens with zero attached hydrogens (tertiary/aromatic N) is 1. The fourth-order valence-corrected chi connectivity index (χ4v) is 2.56. The van der Waals surface area contributed by atoms with E-state index in [1.165, 1.54) is 50.0 Å². The Labute approximate surface area is 132 Å². The average Bonchev–Trinajstić information content (AvgIpc) is 2.52. The summed E-state index contributed by atoms with van der Waals surface area (Å²) in [6, 6.07) is 0. The molecule has 0 fully saturated rings. The van der Waals surface area contributed by atoms with E-state index in [4.69, 9.17) is 0 Å². The molecule has 0 aromatic heterocycles. The van der Waals surface area contributed by atoms with E-state index in [0.29, 0.717) is 5.92 Å². The molecule has 0 aromatic carbocycles. The normalized spacial score (nSPS) is 19.6. The molecule has 1 heteroatoms. The molecule has 0 saturated carbocycles. The van der Waals surface area contributed by atoms with Gasteiger partial charge >= 0.3 is 0 Å². The van der Waals surface area contributed by atoms with E-state index < -0.39 is 0 Å². The van der Waals surface area contributed by atoms with E-state index >= 15 is 0 Å². The largest absolute Gasteiger partial charge is 0.303 e. The summed E-state index contributed by atoms with van der Waals surface area (Å²) in [5.41, 5.74) is 2.80. The van der Waals surface area contributed by atoms with Gasteiger partial charge in [0.05, 0.1) is 0 Å². The lowest BCUT2D eigenvalue weighted by Gasteiger charge is -2.25. The second-order valence-electron chi connectivity index (χ2n) is 6.02. The molecule has 0 spiro atoms. The number of hydrogen-bond donors (Lipinski definition) is 0. The monoisotopic (exact) mass is 287 g/mol. The lowest BCUT2D eigenvalue weighted by atomic mass is 9.94. The van der Waals surface area contributed by atoms with Crippen LogP contribution in [0.25, 0.3) is 0 Å². The Morgan fingerprint density at radius 3 is 2.76 bits per heavy atom. The number of unbranched alkanes of at least 4 members (excludes halogenated alkanes) is 1. The van der Waals surface area contributed by atoms with Crippen LogP contribution in [0.5, 0.6) is 0 Å². The summed E-state index contributed by atoms with van der Waals surface area (Å²) < 4.78 is 0. The van der Waals surface area contributed by atoms with Crippen LogP contribution in [0.2, 0.25) is 0 Å². The highest BCUT2D eigenvalue weighted by Crippen LogP contribution is 2.20. The van der Waals surface area contributed by atoms with E-state index in [0.717, 1.165) is 6.42 Å². The summed E-state index contributed by atoms with van der Waals surface area (Å²) in [5, 5.41) is 0. The minimum absolute atomic E-state index is 0.701. The number of rotatable bonds is 9. The fraction of sp³-hybridized carbons (Fsp3) is 0.600. The van der Waals surface area contributed by atoms with Crippen LogP contribution in [-0.2, 0) is 0 Å². The average molecular weight is 287 g/mol. The summed E-state index contributed by atoms with van der Waals surface area (Å²) in [7, 11) is 0. The highest BCUT2D eigenvalue weighted by atomic mass is 15.1. The van der Waals surface area contributed by atoms with Crippen molar-refractivity contribution in [2.24, 2.45) is 5.92 Å². The molecule has 21 heavy (non-hydrogen) atoms. The van der Waals surface area contributed by atoms with E-state index in [9.17, 15) is 0 Å². The van der Waals surface area contributed by atoms with Crippen molar-refractivity contribution in [3.8, 4) is 0 Å². The zero-order valence-corrected chi connectivity index (χ0v) is 14.4. The van der Waals surface area contributed by atoms with Gasteiger partial charge in [-0.2, -0.15) is 0 Å². The molecule has 0 N–H and O–H groups in total. The van der Waals surface area contributed by atoms with Gasteiger partial charge in [0.1, 0.15) is 0 Å². The predicted molar refractivity (Wildman–Crippen MR) is 95.5 cm³/mol. The quantitative estimate of drug-likeness (QED) is 0.504. The van der Waals surface area contributed by atoms with Crippen LogP contribution in [0.4, 0.5) is 0 Å². The van der Waals surface area contributed by atoms with Gasteiger partial charge in [0.25, 0.3) is 0 Å². The molecule has 0 aromatic rings. The van der Waals surface area contributed by atoms with Crippen LogP contribution in [0.15, 0.2) is 47.6 Å². The zero-order valence-electron chi connectivity index (χ0n) is 14.4. The molecular weight excluding hydrogens is 254 g/mol.